The van der Waals surface area contributed by atoms with Crippen LogP contribution in [0.5, 0.6) is 0 Å². The van der Waals surface area contributed by atoms with Gasteiger partial charge < -0.3 is 14.4 Å². The molecular weight excluding hydrogens is 591 g/mol. The van der Waals surface area contributed by atoms with Gasteiger partial charge in [0.25, 0.3) is 0 Å². The number of phosphoric ester groups is 1. The number of unbranched alkanes of at least 4 members (excludes halogenated alkanes) is 20. The van der Waals surface area contributed by atoms with Crippen LogP contribution in [0.4, 0.5) is 0 Å². The van der Waals surface area contributed by atoms with E-state index in [1.807, 2.05) is 0 Å². The van der Waals surface area contributed by atoms with Crippen LogP contribution in [0.3, 0.4) is 0 Å². The lowest BCUT2D eigenvalue weighted by atomic mass is 10.0. The smallest absolute Gasteiger partial charge is 0.462 e. The molecule has 266 valence electrons. The van der Waals surface area contributed by atoms with Gasteiger partial charge in [-0.2, -0.15) is 0 Å². The highest BCUT2D eigenvalue weighted by atomic mass is 31.2. The number of hydrogen-bond donors (Lipinski definition) is 1. The van der Waals surface area contributed by atoms with Crippen LogP contribution in [0.25, 0.3) is 0 Å². The number of carbonyl (C=O) groups is 2. The van der Waals surface area contributed by atoms with Crippen molar-refractivity contribution in [3.8, 4) is 0 Å². The van der Waals surface area contributed by atoms with Gasteiger partial charge in [-0.05, 0) is 45.4 Å². The molecule has 2 unspecified atom stereocenters. The Labute approximate surface area is 276 Å². The summed E-state index contributed by atoms with van der Waals surface area (Å²) in [5.74, 6) is -0.803. The van der Waals surface area contributed by atoms with Crippen LogP contribution in [0.15, 0.2) is 12.2 Å². The average Bonchev–Trinajstić information content (AvgIpc) is 3.01. The molecule has 0 aromatic carbocycles. The van der Waals surface area contributed by atoms with Crippen LogP contribution in [0.2, 0.25) is 0 Å². The average molecular weight is 661 g/mol. The molecule has 0 fully saturated rings. The minimum atomic E-state index is -4.27. The molecule has 0 radical (unpaired) electrons. The van der Waals surface area contributed by atoms with Crippen LogP contribution in [0, 0.1) is 0 Å². The minimum Gasteiger partial charge on any atom is -0.462 e. The maximum Gasteiger partial charge on any atom is 0.472 e. The first-order valence-electron chi connectivity index (χ1n) is 18.5. The molecule has 0 heterocycles. The molecule has 0 amide bonds. The van der Waals surface area contributed by atoms with Gasteiger partial charge in [0.15, 0.2) is 6.10 Å². The van der Waals surface area contributed by atoms with Gasteiger partial charge in [0.2, 0.25) is 0 Å². The fourth-order valence-corrected chi connectivity index (χ4v) is 5.85. The van der Waals surface area contributed by atoms with Crippen LogP contribution >= 0.6 is 7.82 Å². The molecule has 0 aromatic heterocycles. The van der Waals surface area contributed by atoms with Crippen LogP contribution in [0.1, 0.15) is 181 Å². The zero-order valence-electron chi connectivity index (χ0n) is 29.3. The van der Waals surface area contributed by atoms with E-state index in [1.54, 1.807) is 6.92 Å². The first-order valence-corrected chi connectivity index (χ1v) is 20.0. The van der Waals surface area contributed by atoms with Gasteiger partial charge in [0.05, 0.1) is 13.2 Å². The molecular formula is C36H69O8P. The van der Waals surface area contributed by atoms with Crippen molar-refractivity contribution in [3.63, 3.8) is 0 Å². The van der Waals surface area contributed by atoms with Gasteiger partial charge in [-0.3, -0.25) is 18.6 Å². The van der Waals surface area contributed by atoms with E-state index in [0.29, 0.717) is 12.8 Å². The molecule has 2 atom stereocenters. The lowest BCUT2D eigenvalue weighted by Crippen LogP contribution is -2.29. The fourth-order valence-electron chi connectivity index (χ4n) is 5.09. The predicted octanol–water partition coefficient (Wildman–Crippen LogP) is 10.9. The summed E-state index contributed by atoms with van der Waals surface area (Å²) in [5.41, 5.74) is 0. The third kappa shape index (κ3) is 32.5. The highest BCUT2D eigenvalue weighted by Gasteiger charge is 2.25. The van der Waals surface area contributed by atoms with Gasteiger partial charge in [-0.1, -0.05) is 135 Å². The quantitative estimate of drug-likeness (QED) is 0.0314. The zero-order valence-corrected chi connectivity index (χ0v) is 30.2. The summed E-state index contributed by atoms with van der Waals surface area (Å²) in [7, 11) is -4.27. The molecule has 0 bridgehead atoms. The van der Waals surface area contributed by atoms with Crippen LogP contribution < -0.4 is 0 Å². The monoisotopic (exact) mass is 660 g/mol. The Kier molecular flexibility index (Phi) is 31.8. The van der Waals surface area contributed by atoms with Gasteiger partial charge in [0, 0.05) is 12.8 Å². The SMILES string of the molecule is CCCCCC/C=C\CCCCCCCC(=O)OC(COC(=O)CCCCCCCCCCCCCC)COP(=O)(O)OCC. The lowest BCUT2D eigenvalue weighted by molar-refractivity contribution is -0.161. The molecule has 0 aliphatic heterocycles. The Bertz CT molecular complexity index is 757. The summed E-state index contributed by atoms with van der Waals surface area (Å²) in [6.07, 6.45) is 31.2. The minimum absolute atomic E-state index is 0.00159. The molecule has 9 heteroatoms. The second-order valence-corrected chi connectivity index (χ2v) is 13.7. The van der Waals surface area contributed by atoms with E-state index in [4.69, 9.17) is 18.5 Å². The molecule has 0 saturated heterocycles. The number of rotatable bonds is 34. The Balaban J connectivity index is 4.17. The van der Waals surface area contributed by atoms with Gasteiger partial charge >= 0.3 is 19.8 Å². The number of ether oxygens (including phenoxy) is 2. The van der Waals surface area contributed by atoms with Crippen molar-refractivity contribution in [3.05, 3.63) is 12.2 Å². The number of allylic oxidation sites excluding steroid dienone is 2. The maximum atomic E-state index is 12.5. The second kappa shape index (κ2) is 32.7. The fraction of sp³-hybridized carbons (Fsp3) is 0.889. The van der Waals surface area contributed by atoms with E-state index in [1.165, 1.54) is 89.9 Å². The Hall–Kier alpha value is -1.21. The Morgan fingerprint density at radius 3 is 1.49 bits per heavy atom. The molecule has 45 heavy (non-hydrogen) atoms. The number of esters is 2. The second-order valence-electron chi connectivity index (χ2n) is 12.2. The van der Waals surface area contributed by atoms with Gasteiger partial charge in [-0.25, -0.2) is 4.57 Å². The van der Waals surface area contributed by atoms with Gasteiger partial charge in [0.1, 0.15) is 6.61 Å². The summed E-state index contributed by atoms with van der Waals surface area (Å²) in [5, 5.41) is 0. The first-order chi connectivity index (χ1) is 21.8. The third-order valence-electron chi connectivity index (χ3n) is 7.82. The van der Waals surface area contributed by atoms with E-state index >= 15 is 0 Å². The molecule has 0 saturated carbocycles. The Morgan fingerprint density at radius 2 is 1.00 bits per heavy atom. The molecule has 0 aliphatic carbocycles. The van der Waals surface area contributed by atoms with Crippen molar-refractivity contribution >= 4 is 19.8 Å². The van der Waals surface area contributed by atoms with Crippen molar-refractivity contribution in [2.75, 3.05) is 19.8 Å². The first kappa shape index (κ1) is 43.8. The van der Waals surface area contributed by atoms with Crippen molar-refractivity contribution in [1.82, 2.24) is 0 Å². The highest BCUT2D eigenvalue weighted by Crippen LogP contribution is 2.43. The zero-order chi connectivity index (χ0) is 33.3. The molecule has 0 rings (SSSR count). The largest absolute Gasteiger partial charge is 0.472 e. The van der Waals surface area contributed by atoms with Gasteiger partial charge in [-0.15, -0.1) is 0 Å². The number of phosphoric acid groups is 1. The molecule has 0 aliphatic rings. The summed E-state index contributed by atoms with van der Waals surface area (Å²) < 4.78 is 32.5. The molecule has 1 N–H and O–H groups in total. The standard InChI is InChI=1S/C36H69O8P/c1-4-7-9-11-13-15-17-19-21-23-25-27-29-31-36(38)44-34(33-43-45(39,40)42-6-3)32-41-35(37)30-28-26-24-22-20-18-16-14-12-10-8-5-2/h15,17,34H,4-14,16,18-33H2,1-3H3,(H,39,40)/b17-15-. The summed E-state index contributed by atoms with van der Waals surface area (Å²) in [4.78, 5) is 34.5. The molecule has 0 aromatic rings. The van der Waals surface area contributed by atoms with E-state index in [0.717, 1.165) is 51.4 Å². The van der Waals surface area contributed by atoms with Crippen LogP contribution in [-0.4, -0.2) is 42.8 Å². The van der Waals surface area contributed by atoms with E-state index in [9.17, 15) is 19.0 Å². The van der Waals surface area contributed by atoms with Crippen LogP contribution in [-0.2, 0) is 32.7 Å². The number of hydrogen-bond acceptors (Lipinski definition) is 7. The molecule has 8 nitrogen and oxygen atoms in total. The van der Waals surface area contributed by atoms with Crippen molar-refractivity contribution in [2.24, 2.45) is 0 Å². The Morgan fingerprint density at radius 1 is 0.578 bits per heavy atom. The topological polar surface area (TPSA) is 108 Å². The summed E-state index contributed by atoms with van der Waals surface area (Å²) in [6, 6.07) is 0. The van der Waals surface area contributed by atoms with E-state index < -0.39 is 26.5 Å². The molecule has 0 spiro atoms. The maximum absolute atomic E-state index is 12.5. The van der Waals surface area contributed by atoms with Crippen molar-refractivity contribution < 1.29 is 37.6 Å². The summed E-state index contributed by atoms with van der Waals surface area (Å²) in [6.45, 7) is 5.44. The van der Waals surface area contributed by atoms with E-state index in [-0.39, 0.29) is 25.6 Å². The normalized spacial score (nSPS) is 13.6. The van der Waals surface area contributed by atoms with Crippen molar-refractivity contribution in [2.45, 2.75) is 187 Å². The summed E-state index contributed by atoms with van der Waals surface area (Å²) >= 11 is 0. The van der Waals surface area contributed by atoms with E-state index in [2.05, 4.69) is 26.0 Å². The predicted molar refractivity (Wildman–Crippen MR) is 184 cm³/mol. The lowest BCUT2D eigenvalue weighted by Gasteiger charge is -2.19. The van der Waals surface area contributed by atoms with Crippen molar-refractivity contribution in [1.29, 1.82) is 0 Å². The highest BCUT2D eigenvalue weighted by molar-refractivity contribution is 7.47. The third-order valence-corrected chi connectivity index (χ3v) is 8.88. The number of carbonyl (C=O) groups excluding carboxylic acids is 2.